The van der Waals surface area contributed by atoms with E-state index in [1.807, 2.05) is 6.07 Å². The van der Waals surface area contributed by atoms with Crippen LogP contribution in [0.1, 0.15) is 45.4 Å². The standard InChI is InChI=1S/C30H40N4O6S/c1-20(30-17-21-12-22(18-30)14-23(13-21)19-30)31-26-15-24(4-6-27(26)34(35)36)32-8-10-33(11-9-32)41(37,38)25-5-7-28(39-2)29(16-25)40-3/h4-7,15-16,20-23,31H,8-14,17-19H2,1-3H3/t20-,21?,22?,23?,30?/m0/s1. The zero-order valence-electron chi connectivity index (χ0n) is 24.0. The van der Waals surface area contributed by atoms with E-state index in [4.69, 9.17) is 9.47 Å². The number of benzene rings is 2. The number of nitro groups is 1. The van der Waals surface area contributed by atoms with Crippen LogP contribution in [-0.2, 0) is 10.0 Å². The summed E-state index contributed by atoms with van der Waals surface area (Å²) < 4.78 is 38.8. The van der Waals surface area contributed by atoms with Gasteiger partial charge in [-0.1, -0.05) is 0 Å². The number of nitrogens with zero attached hydrogens (tertiary/aromatic N) is 3. The Labute approximate surface area is 242 Å². The van der Waals surface area contributed by atoms with Gasteiger partial charge in [-0.3, -0.25) is 10.1 Å². The van der Waals surface area contributed by atoms with Crippen LogP contribution in [0.2, 0.25) is 0 Å². The molecule has 7 rings (SSSR count). The van der Waals surface area contributed by atoms with Crippen LogP contribution in [0.25, 0.3) is 0 Å². The number of hydrogen-bond acceptors (Lipinski definition) is 8. The second kappa shape index (κ2) is 10.7. The van der Waals surface area contributed by atoms with Crippen molar-refractivity contribution in [3.05, 3.63) is 46.5 Å². The number of sulfonamides is 1. The van der Waals surface area contributed by atoms with Crippen molar-refractivity contribution < 1.29 is 22.8 Å². The number of nitrogens with one attached hydrogen (secondary N) is 1. The van der Waals surface area contributed by atoms with Crippen LogP contribution in [0.15, 0.2) is 41.3 Å². The van der Waals surface area contributed by atoms with E-state index in [0.29, 0.717) is 43.4 Å². The van der Waals surface area contributed by atoms with E-state index in [0.717, 1.165) is 23.4 Å². The van der Waals surface area contributed by atoms with Crippen molar-refractivity contribution >= 4 is 27.1 Å². The maximum absolute atomic E-state index is 13.4. The van der Waals surface area contributed by atoms with E-state index < -0.39 is 10.0 Å². The second-order valence-corrected chi connectivity index (χ2v) is 14.5. The maximum atomic E-state index is 13.4. The molecule has 0 aromatic heterocycles. The van der Waals surface area contributed by atoms with Crippen LogP contribution in [-0.4, -0.2) is 64.1 Å². The van der Waals surface area contributed by atoms with Gasteiger partial charge in [0, 0.05) is 50.0 Å². The maximum Gasteiger partial charge on any atom is 0.292 e. The van der Waals surface area contributed by atoms with E-state index in [-0.39, 0.29) is 27.0 Å². The fourth-order valence-corrected chi connectivity index (χ4v) is 9.84. The zero-order chi connectivity index (χ0) is 28.9. The van der Waals surface area contributed by atoms with Crippen LogP contribution in [0.3, 0.4) is 0 Å². The molecule has 1 aliphatic heterocycles. The van der Waals surface area contributed by atoms with Crippen LogP contribution in [0, 0.1) is 33.3 Å². The lowest BCUT2D eigenvalue weighted by atomic mass is 9.48. The number of hydrogen-bond donors (Lipinski definition) is 1. The van der Waals surface area contributed by atoms with Gasteiger partial charge >= 0.3 is 0 Å². The summed E-state index contributed by atoms with van der Waals surface area (Å²) >= 11 is 0. The van der Waals surface area contributed by atoms with Gasteiger partial charge in [0.2, 0.25) is 10.0 Å². The molecule has 4 bridgehead atoms. The van der Waals surface area contributed by atoms with E-state index in [9.17, 15) is 18.5 Å². The molecule has 41 heavy (non-hydrogen) atoms. The molecule has 5 aliphatic rings. The van der Waals surface area contributed by atoms with Crippen molar-refractivity contribution in [1.29, 1.82) is 0 Å². The summed E-state index contributed by atoms with van der Waals surface area (Å²) in [6.07, 6.45) is 7.73. The van der Waals surface area contributed by atoms with Gasteiger partial charge in [0.05, 0.1) is 24.0 Å². The Morgan fingerprint density at radius 2 is 1.54 bits per heavy atom. The number of piperazine rings is 1. The Balaban J connectivity index is 1.17. The number of ether oxygens (including phenoxy) is 2. The third-order valence-electron chi connectivity index (χ3n) is 10.1. The Hall–Kier alpha value is -3.05. The zero-order valence-corrected chi connectivity index (χ0v) is 24.9. The van der Waals surface area contributed by atoms with Gasteiger partial charge < -0.3 is 19.7 Å². The lowest BCUT2D eigenvalue weighted by molar-refractivity contribution is -0.384. The molecule has 1 N–H and O–H groups in total. The first-order chi connectivity index (χ1) is 19.6. The minimum absolute atomic E-state index is 0.0833. The highest BCUT2D eigenvalue weighted by atomic mass is 32.2. The fraction of sp³-hybridized carbons (Fsp3) is 0.600. The van der Waals surface area contributed by atoms with Crippen molar-refractivity contribution in [2.45, 2.75) is 56.4 Å². The number of anilines is 2. The van der Waals surface area contributed by atoms with Crippen LogP contribution < -0.4 is 19.7 Å². The number of rotatable bonds is 9. The molecular formula is C30H40N4O6S. The van der Waals surface area contributed by atoms with Gasteiger partial charge in [0.25, 0.3) is 5.69 Å². The summed E-state index contributed by atoms with van der Waals surface area (Å²) in [6, 6.07) is 10.00. The quantitative estimate of drug-likeness (QED) is 0.318. The third kappa shape index (κ3) is 5.11. The molecule has 0 amide bonds. The highest BCUT2D eigenvalue weighted by Gasteiger charge is 2.53. The molecule has 2 aromatic carbocycles. The minimum atomic E-state index is -3.72. The lowest BCUT2D eigenvalue weighted by Crippen LogP contribution is -2.53. The lowest BCUT2D eigenvalue weighted by Gasteiger charge is -2.59. The predicted molar refractivity (Wildman–Crippen MR) is 157 cm³/mol. The van der Waals surface area contributed by atoms with Crippen LogP contribution in [0.5, 0.6) is 11.5 Å². The molecule has 1 atom stereocenters. The van der Waals surface area contributed by atoms with E-state index >= 15 is 0 Å². The normalized spacial score (nSPS) is 28.4. The smallest absolute Gasteiger partial charge is 0.292 e. The first-order valence-electron chi connectivity index (χ1n) is 14.6. The average molecular weight is 585 g/mol. The van der Waals surface area contributed by atoms with Gasteiger partial charge in [-0.05, 0) is 92.9 Å². The molecule has 11 heteroatoms. The Kier molecular flexibility index (Phi) is 7.30. The predicted octanol–water partition coefficient (Wildman–Crippen LogP) is 5.14. The van der Waals surface area contributed by atoms with Crippen molar-refractivity contribution in [1.82, 2.24) is 4.31 Å². The van der Waals surface area contributed by atoms with E-state index in [2.05, 4.69) is 17.1 Å². The summed E-state index contributed by atoms with van der Waals surface area (Å²) in [5.41, 5.74) is 1.71. The first kappa shape index (κ1) is 28.1. The summed E-state index contributed by atoms with van der Waals surface area (Å²) in [6.45, 7) is 3.78. The molecule has 5 fully saturated rings. The molecule has 1 saturated heterocycles. The van der Waals surface area contributed by atoms with Gasteiger partial charge in [-0.25, -0.2) is 8.42 Å². The molecular weight excluding hydrogens is 544 g/mol. The Morgan fingerprint density at radius 1 is 0.927 bits per heavy atom. The van der Waals surface area contributed by atoms with Gasteiger partial charge in [0.15, 0.2) is 11.5 Å². The molecule has 4 aliphatic carbocycles. The van der Waals surface area contributed by atoms with Gasteiger partial charge in [-0.2, -0.15) is 4.31 Å². The Bertz CT molecular complexity index is 1390. The molecule has 0 unspecified atom stereocenters. The average Bonchev–Trinajstić information content (AvgIpc) is 2.96. The Morgan fingerprint density at radius 3 is 2.10 bits per heavy atom. The van der Waals surface area contributed by atoms with Crippen LogP contribution >= 0.6 is 0 Å². The first-order valence-corrected chi connectivity index (χ1v) is 16.1. The monoisotopic (exact) mass is 584 g/mol. The molecule has 4 saturated carbocycles. The summed E-state index contributed by atoms with van der Waals surface area (Å²) in [5, 5.41) is 15.6. The third-order valence-corrected chi connectivity index (χ3v) is 12.0. The molecule has 2 aromatic rings. The molecule has 0 radical (unpaired) electrons. The second-order valence-electron chi connectivity index (χ2n) is 12.5. The highest BCUT2D eigenvalue weighted by molar-refractivity contribution is 7.89. The molecule has 222 valence electrons. The topological polar surface area (TPSA) is 114 Å². The highest BCUT2D eigenvalue weighted by Crippen LogP contribution is 2.61. The van der Waals surface area contributed by atoms with E-state index in [1.165, 1.54) is 69.2 Å². The molecule has 1 heterocycles. The van der Waals surface area contributed by atoms with Gasteiger partial charge in [0.1, 0.15) is 5.69 Å². The largest absolute Gasteiger partial charge is 0.493 e. The number of nitro benzene ring substituents is 1. The minimum Gasteiger partial charge on any atom is -0.493 e. The SMILES string of the molecule is COc1ccc(S(=O)(=O)N2CCN(c3ccc([N+](=O)[O-])c(N[C@@H](C)C45CC6CC(CC(C6)C4)C5)c3)CC2)cc1OC. The van der Waals surface area contributed by atoms with Crippen molar-refractivity contribution in [3.8, 4) is 11.5 Å². The van der Waals surface area contributed by atoms with E-state index in [1.54, 1.807) is 18.2 Å². The summed E-state index contributed by atoms with van der Waals surface area (Å²) in [4.78, 5) is 13.9. The fourth-order valence-electron chi connectivity index (χ4n) is 8.40. The summed E-state index contributed by atoms with van der Waals surface area (Å²) in [7, 11) is -0.736. The van der Waals surface area contributed by atoms with Gasteiger partial charge in [-0.15, -0.1) is 0 Å². The summed E-state index contributed by atoms with van der Waals surface area (Å²) in [5.74, 6) is 3.24. The van der Waals surface area contributed by atoms with Crippen LogP contribution in [0.4, 0.5) is 17.1 Å². The van der Waals surface area contributed by atoms with Crippen molar-refractivity contribution in [3.63, 3.8) is 0 Å². The van der Waals surface area contributed by atoms with Crippen molar-refractivity contribution in [2.24, 2.45) is 23.2 Å². The number of methoxy groups -OCH3 is 2. The molecule has 10 nitrogen and oxygen atoms in total. The van der Waals surface area contributed by atoms with Crippen molar-refractivity contribution in [2.75, 3.05) is 50.6 Å². The molecule has 0 spiro atoms.